The number of para-hydroxylation sites is 1. The van der Waals surface area contributed by atoms with Gasteiger partial charge in [0.2, 0.25) is 0 Å². The van der Waals surface area contributed by atoms with Gasteiger partial charge >= 0.3 is 0 Å². The molecule has 0 radical (unpaired) electrons. The highest BCUT2D eigenvalue weighted by atomic mass is 35.5. The van der Waals surface area contributed by atoms with Crippen molar-refractivity contribution in [1.82, 2.24) is 4.90 Å². The number of benzene rings is 2. The molecule has 1 aliphatic rings. The van der Waals surface area contributed by atoms with E-state index in [4.69, 9.17) is 10.5 Å². The van der Waals surface area contributed by atoms with Crippen LogP contribution in [0.1, 0.15) is 5.56 Å². The van der Waals surface area contributed by atoms with Crippen LogP contribution in [0.5, 0.6) is 11.5 Å². The largest absolute Gasteiger partial charge is 0.454 e. The van der Waals surface area contributed by atoms with E-state index in [0.29, 0.717) is 11.3 Å². The second-order valence-corrected chi connectivity index (χ2v) is 6.22. The lowest BCUT2D eigenvalue weighted by atomic mass is 10.2. The van der Waals surface area contributed by atoms with Crippen molar-refractivity contribution in [2.45, 2.75) is 0 Å². The van der Waals surface area contributed by atoms with Gasteiger partial charge in [-0.1, -0.05) is 24.3 Å². The number of rotatable bonds is 5. The van der Waals surface area contributed by atoms with Crippen LogP contribution in [-0.2, 0) is 4.79 Å². The fourth-order valence-electron chi connectivity index (χ4n) is 2.28. The highest BCUT2D eigenvalue weighted by Gasteiger charge is 2.34. The topological polar surface area (TPSA) is 72.6 Å². The molecule has 0 saturated carbocycles. The van der Waals surface area contributed by atoms with Crippen LogP contribution in [0.25, 0.3) is 6.08 Å². The Bertz CT molecular complexity index is 846. The monoisotopic (exact) mass is 394 g/mol. The maximum absolute atomic E-state index is 14.0. The standard InChI is InChI=1S/C18H15FN2O3S.ClH/c19-14-7-6-12(10-15(14)24-13-4-2-1-3-5-13)11-16-17(22)21(9-8-20)18(23)25-16;/h1-7,10-11H,8-9,20H2;1H/b16-11+;. The molecule has 8 heteroatoms. The first-order valence-electron chi connectivity index (χ1n) is 7.56. The molecule has 1 saturated heterocycles. The highest BCUT2D eigenvalue weighted by molar-refractivity contribution is 8.18. The summed E-state index contributed by atoms with van der Waals surface area (Å²) in [6.07, 6.45) is 1.54. The van der Waals surface area contributed by atoms with Gasteiger partial charge in [0, 0.05) is 13.1 Å². The summed E-state index contributed by atoms with van der Waals surface area (Å²) in [5.41, 5.74) is 5.97. The molecule has 1 aliphatic heterocycles. The van der Waals surface area contributed by atoms with E-state index in [1.165, 1.54) is 18.2 Å². The first-order valence-corrected chi connectivity index (χ1v) is 8.38. The Morgan fingerprint density at radius 2 is 1.88 bits per heavy atom. The number of hydrogen-bond donors (Lipinski definition) is 1. The zero-order chi connectivity index (χ0) is 17.8. The van der Waals surface area contributed by atoms with Crippen LogP contribution in [0, 0.1) is 5.82 Å². The lowest BCUT2D eigenvalue weighted by Crippen LogP contribution is -2.33. The van der Waals surface area contributed by atoms with E-state index in [0.717, 1.165) is 16.7 Å². The van der Waals surface area contributed by atoms with Crippen molar-refractivity contribution in [3.8, 4) is 11.5 Å². The number of halogens is 2. The average molecular weight is 395 g/mol. The predicted molar refractivity (Wildman–Crippen MR) is 102 cm³/mol. The Balaban J connectivity index is 0.00000243. The molecule has 2 aromatic carbocycles. The summed E-state index contributed by atoms with van der Waals surface area (Å²) < 4.78 is 19.5. The molecule has 0 aliphatic carbocycles. The van der Waals surface area contributed by atoms with Gasteiger partial charge in [0.05, 0.1) is 4.91 Å². The van der Waals surface area contributed by atoms with Gasteiger partial charge < -0.3 is 10.5 Å². The molecule has 1 fully saturated rings. The molecule has 2 N–H and O–H groups in total. The van der Waals surface area contributed by atoms with E-state index in [9.17, 15) is 14.0 Å². The Kier molecular flexibility index (Phi) is 6.79. The number of imide groups is 1. The Hall–Kier alpha value is -2.35. The number of amides is 2. The molecule has 0 atom stereocenters. The fourth-order valence-corrected chi connectivity index (χ4v) is 3.14. The van der Waals surface area contributed by atoms with Crippen molar-refractivity contribution in [2.75, 3.05) is 13.1 Å². The number of hydrogen-bond acceptors (Lipinski definition) is 5. The molecule has 26 heavy (non-hydrogen) atoms. The van der Waals surface area contributed by atoms with Gasteiger partial charge in [-0.2, -0.15) is 0 Å². The summed E-state index contributed by atoms with van der Waals surface area (Å²) >= 11 is 0.839. The summed E-state index contributed by atoms with van der Waals surface area (Å²) in [6.45, 7) is 0.380. The number of ether oxygens (including phenoxy) is 1. The lowest BCUT2D eigenvalue weighted by molar-refractivity contribution is -0.122. The van der Waals surface area contributed by atoms with Crippen molar-refractivity contribution < 1.29 is 18.7 Å². The van der Waals surface area contributed by atoms with Crippen molar-refractivity contribution in [3.05, 3.63) is 64.8 Å². The van der Waals surface area contributed by atoms with Crippen LogP contribution in [0.4, 0.5) is 9.18 Å². The summed E-state index contributed by atoms with van der Waals surface area (Å²) in [7, 11) is 0. The minimum atomic E-state index is -0.516. The number of carbonyl (C=O) groups is 2. The van der Waals surface area contributed by atoms with Crippen LogP contribution < -0.4 is 10.5 Å². The molecule has 136 valence electrons. The van der Waals surface area contributed by atoms with E-state index in [1.54, 1.807) is 30.3 Å². The molecule has 2 aromatic rings. The van der Waals surface area contributed by atoms with Crippen LogP contribution in [-0.4, -0.2) is 29.1 Å². The zero-order valence-corrected chi connectivity index (χ0v) is 15.2. The smallest absolute Gasteiger partial charge is 0.293 e. The van der Waals surface area contributed by atoms with Gasteiger partial charge in [-0.05, 0) is 47.7 Å². The highest BCUT2D eigenvalue weighted by Crippen LogP contribution is 2.33. The molecule has 0 aromatic heterocycles. The fraction of sp³-hybridized carbons (Fsp3) is 0.111. The first kappa shape index (κ1) is 20.0. The van der Waals surface area contributed by atoms with Gasteiger partial charge in [-0.25, -0.2) is 4.39 Å². The van der Waals surface area contributed by atoms with Gasteiger partial charge in [-0.15, -0.1) is 12.4 Å². The van der Waals surface area contributed by atoms with E-state index >= 15 is 0 Å². The SMILES string of the molecule is Cl.NCCN1C(=O)S/C(=C/c2ccc(F)c(Oc3ccccc3)c2)C1=O. The first-order chi connectivity index (χ1) is 12.1. The molecule has 0 bridgehead atoms. The lowest BCUT2D eigenvalue weighted by Gasteiger charge is -2.09. The Labute approximate surface area is 160 Å². The van der Waals surface area contributed by atoms with Crippen LogP contribution in [0.15, 0.2) is 53.4 Å². The van der Waals surface area contributed by atoms with E-state index in [1.807, 2.05) is 6.07 Å². The van der Waals surface area contributed by atoms with Crippen molar-refractivity contribution in [3.63, 3.8) is 0 Å². The van der Waals surface area contributed by atoms with Crippen molar-refractivity contribution >= 4 is 41.4 Å². The summed E-state index contributed by atoms with van der Waals surface area (Å²) in [6, 6.07) is 13.1. The minimum Gasteiger partial charge on any atom is -0.454 e. The second kappa shape index (κ2) is 8.84. The number of nitrogens with two attached hydrogens (primary N) is 1. The maximum Gasteiger partial charge on any atom is 0.293 e. The third-order valence-corrected chi connectivity index (χ3v) is 4.36. The number of nitrogens with zero attached hydrogens (tertiary/aromatic N) is 1. The minimum absolute atomic E-state index is 0. The predicted octanol–water partition coefficient (Wildman–Crippen LogP) is 4.03. The Morgan fingerprint density at radius 3 is 2.58 bits per heavy atom. The molecule has 1 heterocycles. The van der Waals surface area contributed by atoms with Crippen LogP contribution >= 0.6 is 24.2 Å². The van der Waals surface area contributed by atoms with E-state index < -0.39 is 11.7 Å². The average Bonchev–Trinajstić information content (AvgIpc) is 2.87. The van der Waals surface area contributed by atoms with E-state index in [2.05, 4.69) is 0 Å². The van der Waals surface area contributed by atoms with Crippen LogP contribution in [0.3, 0.4) is 0 Å². The zero-order valence-electron chi connectivity index (χ0n) is 13.6. The Morgan fingerprint density at radius 1 is 1.15 bits per heavy atom. The quantitative estimate of drug-likeness (QED) is 0.775. The number of carbonyl (C=O) groups excluding carboxylic acids is 2. The summed E-state index contributed by atoms with van der Waals surface area (Å²) in [4.78, 5) is 25.4. The van der Waals surface area contributed by atoms with Gasteiger partial charge in [0.25, 0.3) is 11.1 Å². The van der Waals surface area contributed by atoms with Gasteiger partial charge in [0.1, 0.15) is 5.75 Å². The summed E-state index contributed by atoms with van der Waals surface area (Å²) in [5, 5.41) is -0.357. The summed E-state index contributed by atoms with van der Waals surface area (Å²) in [5.74, 6) is -0.365. The van der Waals surface area contributed by atoms with E-state index in [-0.39, 0.29) is 41.4 Å². The normalized spacial score (nSPS) is 15.3. The molecule has 0 spiro atoms. The molecule has 3 rings (SSSR count). The van der Waals surface area contributed by atoms with Gasteiger partial charge in [0.15, 0.2) is 11.6 Å². The van der Waals surface area contributed by atoms with Gasteiger partial charge in [-0.3, -0.25) is 14.5 Å². The molecule has 2 amide bonds. The second-order valence-electron chi connectivity index (χ2n) is 5.23. The molecular formula is C18H16ClFN2O3S. The van der Waals surface area contributed by atoms with Crippen molar-refractivity contribution in [1.29, 1.82) is 0 Å². The molecular weight excluding hydrogens is 379 g/mol. The number of thioether (sulfide) groups is 1. The van der Waals surface area contributed by atoms with Crippen LogP contribution in [0.2, 0.25) is 0 Å². The van der Waals surface area contributed by atoms with Crippen molar-refractivity contribution in [2.24, 2.45) is 5.73 Å². The molecule has 5 nitrogen and oxygen atoms in total. The molecule has 0 unspecified atom stereocenters. The maximum atomic E-state index is 14.0. The third-order valence-electron chi connectivity index (χ3n) is 3.45. The third kappa shape index (κ3) is 4.43.